The molecular formula is C19H22F2N2O4S. The topological polar surface area (TPSA) is 75.7 Å². The van der Waals surface area contributed by atoms with Crippen LogP contribution in [-0.4, -0.2) is 38.3 Å². The number of benzene rings is 2. The summed E-state index contributed by atoms with van der Waals surface area (Å²) in [7, 11) is -3.60. The summed E-state index contributed by atoms with van der Waals surface area (Å²) in [5.74, 6) is -1.81. The molecule has 9 heteroatoms. The summed E-state index contributed by atoms with van der Waals surface area (Å²) >= 11 is 0. The minimum atomic E-state index is -3.60. The van der Waals surface area contributed by atoms with E-state index in [9.17, 15) is 22.0 Å². The lowest BCUT2D eigenvalue weighted by Crippen LogP contribution is -2.30. The molecule has 0 saturated heterocycles. The first kappa shape index (κ1) is 21.8. The fraction of sp³-hybridized carbons (Fsp3) is 0.316. The van der Waals surface area contributed by atoms with Gasteiger partial charge in [0.25, 0.3) is 5.91 Å². The molecule has 0 atom stereocenters. The van der Waals surface area contributed by atoms with E-state index in [1.807, 2.05) is 0 Å². The molecular weight excluding hydrogens is 390 g/mol. The first-order chi connectivity index (χ1) is 13.2. The number of hydrogen-bond acceptors (Lipinski definition) is 4. The molecule has 0 heterocycles. The van der Waals surface area contributed by atoms with Crippen molar-refractivity contribution in [2.24, 2.45) is 0 Å². The van der Waals surface area contributed by atoms with Gasteiger partial charge in [-0.05, 0) is 42.8 Å². The van der Waals surface area contributed by atoms with Gasteiger partial charge in [-0.3, -0.25) is 4.79 Å². The van der Waals surface area contributed by atoms with E-state index in [1.54, 1.807) is 20.8 Å². The largest absolute Gasteiger partial charge is 0.483 e. The van der Waals surface area contributed by atoms with Crippen LogP contribution in [0.15, 0.2) is 41.3 Å². The molecule has 1 N–H and O–H groups in total. The fourth-order valence-corrected chi connectivity index (χ4v) is 4.12. The Morgan fingerprint density at radius 3 is 2.39 bits per heavy atom. The second kappa shape index (κ2) is 9.11. The van der Waals surface area contributed by atoms with Crippen molar-refractivity contribution in [2.75, 3.05) is 25.0 Å². The third-order valence-corrected chi connectivity index (χ3v) is 6.10. The van der Waals surface area contributed by atoms with E-state index >= 15 is 0 Å². The van der Waals surface area contributed by atoms with Crippen LogP contribution in [0, 0.1) is 18.6 Å². The maximum absolute atomic E-state index is 13.6. The second-order valence-electron chi connectivity index (χ2n) is 5.98. The van der Waals surface area contributed by atoms with Gasteiger partial charge in [-0.15, -0.1) is 0 Å². The number of halogens is 2. The number of ether oxygens (including phenoxy) is 1. The summed E-state index contributed by atoms with van der Waals surface area (Å²) < 4.78 is 58.5. The highest BCUT2D eigenvalue weighted by Crippen LogP contribution is 2.24. The van der Waals surface area contributed by atoms with Crippen LogP contribution in [0.1, 0.15) is 19.4 Å². The van der Waals surface area contributed by atoms with Gasteiger partial charge in [0.1, 0.15) is 17.4 Å². The molecule has 2 aromatic carbocycles. The van der Waals surface area contributed by atoms with Gasteiger partial charge < -0.3 is 10.1 Å². The summed E-state index contributed by atoms with van der Waals surface area (Å²) in [5, 5.41) is 2.23. The highest BCUT2D eigenvalue weighted by atomic mass is 32.2. The molecule has 0 radical (unpaired) electrons. The Morgan fingerprint density at radius 1 is 1.11 bits per heavy atom. The van der Waals surface area contributed by atoms with E-state index < -0.39 is 34.2 Å². The van der Waals surface area contributed by atoms with Crippen molar-refractivity contribution in [3.63, 3.8) is 0 Å². The Balaban J connectivity index is 2.07. The molecule has 2 rings (SSSR count). The molecule has 152 valence electrons. The predicted octanol–water partition coefficient (Wildman–Crippen LogP) is 3.32. The van der Waals surface area contributed by atoms with Crippen LogP contribution in [-0.2, 0) is 14.8 Å². The van der Waals surface area contributed by atoms with Gasteiger partial charge in [0.05, 0.1) is 10.6 Å². The Bertz CT molecular complexity index is 960. The average molecular weight is 412 g/mol. The number of hydrogen-bond donors (Lipinski definition) is 1. The molecule has 2 aromatic rings. The second-order valence-corrected chi connectivity index (χ2v) is 7.92. The summed E-state index contributed by atoms with van der Waals surface area (Å²) in [6.07, 6.45) is 0. The molecule has 1 amide bonds. The molecule has 0 aromatic heterocycles. The smallest absolute Gasteiger partial charge is 0.262 e. The van der Waals surface area contributed by atoms with Gasteiger partial charge in [0.15, 0.2) is 6.61 Å². The molecule has 0 aliphatic carbocycles. The highest BCUT2D eigenvalue weighted by Gasteiger charge is 2.22. The van der Waals surface area contributed by atoms with Crippen LogP contribution in [0.4, 0.5) is 14.5 Å². The molecule has 0 saturated carbocycles. The molecule has 0 fully saturated rings. The molecule has 6 nitrogen and oxygen atoms in total. The minimum absolute atomic E-state index is 0.132. The number of nitrogens with one attached hydrogen (secondary N) is 1. The van der Waals surface area contributed by atoms with Gasteiger partial charge in [0, 0.05) is 19.2 Å². The number of carbonyl (C=O) groups excluding carboxylic acids is 1. The number of anilines is 1. The molecule has 28 heavy (non-hydrogen) atoms. The van der Waals surface area contributed by atoms with Gasteiger partial charge in [-0.1, -0.05) is 13.8 Å². The van der Waals surface area contributed by atoms with Gasteiger partial charge in [-0.2, -0.15) is 4.31 Å². The SMILES string of the molecule is CCN(CC)S(=O)(=O)c1ccc(OCC(=O)Nc2cc(F)ccc2F)c(C)c1. The summed E-state index contributed by atoms with van der Waals surface area (Å²) in [4.78, 5) is 12.1. The summed E-state index contributed by atoms with van der Waals surface area (Å²) in [5.41, 5.74) is 0.240. The average Bonchev–Trinajstić information content (AvgIpc) is 2.64. The fourth-order valence-electron chi connectivity index (χ4n) is 2.58. The van der Waals surface area contributed by atoms with Crippen LogP contribution < -0.4 is 10.1 Å². The zero-order valence-corrected chi connectivity index (χ0v) is 16.6. The predicted molar refractivity (Wildman–Crippen MR) is 102 cm³/mol. The lowest BCUT2D eigenvalue weighted by molar-refractivity contribution is -0.118. The Kier molecular flexibility index (Phi) is 7.09. The van der Waals surface area contributed by atoms with E-state index in [-0.39, 0.29) is 10.6 Å². The monoisotopic (exact) mass is 412 g/mol. The standard InChI is InChI=1S/C19H22F2N2O4S/c1-4-23(5-2)28(25,26)15-7-9-18(13(3)10-15)27-12-19(24)22-17-11-14(20)6-8-16(17)21/h6-11H,4-5,12H2,1-3H3,(H,22,24). The van der Waals surface area contributed by atoms with E-state index in [1.165, 1.54) is 22.5 Å². The first-order valence-corrected chi connectivity index (χ1v) is 10.1. The van der Waals surface area contributed by atoms with Crippen molar-refractivity contribution in [3.05, 3.63) is 53.6 Å². The zero-order chi connectivity index (χ0) is 20.9. The van der Waals surface area contributed by atoms with E-state index in [0.717, 1.165) is 18.2 Å². The van der Waals surface area contributed by atoms with Crippen LogP contribution >= 0.6 is 0 Å². The highest BCUT2D eigenvalue weighted by molar-refractivity contribution is 7.89. The summed E-state index contributed by atoms with van der Waals surface area (Å²) in [6, 6.07) is 7.05. The van der Waals surface area contributed by atoms with Crippen molar-refractivity contribution in [3.8, 4) is 5.75 Å². The molecule has 0 bridgehead atoms. The van der Waals surface area contributed by atoms with Gasteiger partial charge in [0.2, 0.25) is 10.0 Å². The lowest BCUT2D eigenvalue weighted by Gasteiger charge is -2.19. The first-order valence-electron chi connectivity index (χ1n) is 8.67. The van der Waals surface area contributed by atoms with E-state index in [2.05, 4.69) is 5.32 Å². The number of aryl methyl sites for hydroxylation is 1. The zero-order valence-electron chi connectivity index (χ0n) is 15.8. The van der Waals surface area contributed by atoms with Gasteiger partial charge >= 0.3 is 0 Å². The van der Waals surface area contributed by atoms with E-state index in [4.69, 9.17) is 4.74 Å². The van der Waals surface area contributed by atoms with Crippen LogP contribution in [0.5, 0.6) is 5.75 Å². The van der Waals surface area contributed by atoms with Crippen molar-refractivity contribution in [2.45, 2.75) is 25.7 Å². The van der Waals surface area contributed by atoms with Crippen molar-refractivity contribution in [1.29, 1.82) is 0 Å². The summed E-state index contributed by atoms with van der Waals surface area (Å²) in [6.45, 7) is 5.43. The maximum atomic E-state index is 13.6. The third-order valence-electron chi connectivity index (χ3n) is 4.05. The maximum Gasteiger partial charge on any atom is 0.262 e. The normalized spacial score (nSPS) is 11.5. The molecule has 0 aliphatic rings. The Hall–Kier alpha value is -2.52. The number of carbonyl (C=O) groups is 1. The van der Waals surface area contributed by atoms with Gasteiger partial charge in [-0.25, -0.2) is 17.2 Å². The van der Waals surface area contributed by atoms with Crippen LogP contribution in [0.3, 0.4) is 0 Å². The number of amides is 1. The van der Waals surface area contributed by atoms with Crippen LogP contribution in [0.25, 0.3) is 0 Å². The van der Waals surface area contributed by atoms with Crippen LogP contribution in [0.2, 0.25) is 0 Å². The minimum Gasteiger partial charge on any atom is -0.483 e. The molecule has 0 aliphatic heterocycles. The Morgan fingerprint density at radius 2 is 1.79 bits per heavy atom. The van der Waals surface area contributed by atoms with E-state index in [0.29, 0.717) is 24.4 Å². The number of rotatable bonds is 8. The Labute approximate surface area is 163 Å². The molecule has 0 unspecified atom stereocenters. The van der Waals surface area contributed by atoms with Crippen molar-refractivity contribution < 1.29 is 26.7 Å². The van der Waals surface area contributed by atoms with Crippen molar-refractivity contribution in [1.82, 2.24) is 4.31 Å². The lowest BCUT2D eigenvalue weighted by atomic mass is 10.2. The quantitative estimate of drug-likeness (QED) is 0.722. The number of nitrogens with zero attached hydrogens (tertiary/aromatic N) is 1. The molecule has 0 spiro atoms. The van der Waals surface area contributed by atoms with Crippen molar-refractivity contribution >= 4 is 21.6 Å². The third kappa shape index (κ3) is 5.05. The number of sulfonamides is 1.